The maximum absolute atomic E-state index is 9.42. The largest absolute Gasteiger partial charge is 0.508 e. The zero-order valence-electron chi connectivity index (χ0n) is 10.1. The molecule has 1 heterocycles. The number of hydrogen-bond acceptors (Lipinski definition) is 5. The Hall–Kier alpha value is -1.59. The van der Waals surface area contributed by atoms with Gasteiger partial charge in [0.25, 0.3) is 5.89 Å². The highest BCUT2D eigenvalue weighted by Gasteiger charge is 2.14. The van der Waals surface area contributed by atoms with E-state index in [9.17, 15) is 5.11 Å². The van der Waals surface area contributed by atoms with E-state index in [0.717, 1.165) is 0 Å². The van der Waals surface area contributed by atoms with Crippen LogP contribution in [-0.4, -0.2) is 28.5 Å². The van der Waals surface area contributed by atoms with Crippen LogP contribution in [0.15, 0.2) is 22.7 Å². The maximum atomic E-state index is 9.42. The summed E-state index contributed by atoms with van der Waals surface area (Å²) >= 11 is 6.01. The van der Waals surface area contributed by atoms with Gasteiger partial charge in [-0.2, -0.15) is 4.98 Å². The van der Waals surface area contributed by atoms with Crippen molar-refractivity contribution >= 4 is 11.6 Å². The molecule has 0 saturated carbocycles. The van der Waals surface area contributed by atoms with Gasteiger partial charge in [-0.25, -0.2) is 0 Å². The van der Waals surface area contributed by atoms with Crippen LogP contribution in [-0.2, 0) is 11.2 Å². The molecule has 1 atom stereocenters. The molecule has 0 bridgehead atoms. The van der Waals surface area contributed by atoms with E-state index in [1.54, 1.807) is 13.2 Å². The van der Waals surface area contributed by atoms with Crippen LogP contribution in [0.2, 0.25) is 5.02 Å². The summed E-state index contributed by atoms with van der Waals surface area (Å²) in [5.74, 6) is 0.923. The smallest absolute Gasteiger partial charge is 0.259 e. The van der Waals surface area contributed by atoms with Crippen molar-refractivity contribution in [2.24, 2.45) is 0 Å². The van der Waals surface area contributed by atoms with Crippen molar-refractivity contribution in [2.45, 2.75) is 19.4 Å². The third-order valence-corrected chi connectivity index (χ3v) is 2.85. The summed E-state index contributed by atoms with van der Waals surface area (Å²) in [6, 6.07) is 4.56. The Morgan fingerprint density at radius 1 is 1.50 bits per heavy atom. The van der Waals surface area contributed by atoms with Gasteiger partial charge in [0.2, 0.25) is 0 Å². The standard InChI is InChI=1S/C12H13ClN2O3/c1-7(17-2)5-11-14-12(18-15-11)9-6-8(16)3-4-10(9)13/h3-4,6-7,16H,5H2,1-2H3. The van der Waals surface area contributed by atoms with Gasteiger partial charge in [-0.05, 0) is 25.1 Å². The number of phenolic OH excluding ortho intramolecular Hbond substituents is 1. The zero-order chi connectivity index (χ0) is 13.1. The van der Waals surface area contributed by atoms with E-state index in [1.165, 1.54) is 12.1 Å². The molecule has 2 rings (SSSR count). The van der Waals surface area contributed by atoms with E-state index in [-0.39, 0.29) is 17.7 Å². The van der Waals surface area contributed by atoms with Crippen molar-refractivity contribution in [1.82, 2.24) is 10.1 Å². The lowest BCUT2D eigenvalue weighted by atomic mass is 10.2. The third kappa shape index (κ3) is 2.80. The fourth-order valence-electron chi connectivity index (χ4n) is 1.46. The number of ether oxygens (including phenoxy) is 1. The van der Waals surface area contributed by atoms with Gasteiger partial charge in [-0.1, -0.05) is 16.8 Å². The number of methoxy groups -OCH3 is 1. The predicted octanol–water partition coefficient (Wildman–Crippen LogP) is 2.67. The minimum atomic E-state index is 0.00935. The van der Waals surface area contributed by atoms with Crippen molar-refractivity contribution < 1.29 is 14.4 Å². The fourth-order valence-corrected chi connectivity index (χ4v) is 1.66. The fraction of sp³-hybridized carbons (Fsp3) is 0.333. The molecule has 96 valence electrons. The molecule has 0 spiro atoms. The monoisotopic (exact) mass is 268 g/mol. The van der Waals surface area contributed by atoms with Gasteiger partial charge < -0.3 is 14.4 Å². The van der Waals surface area contributed by atoms with Crippen molar-refractivity contribution in [2.75, 3.05) is 7.11 Å². The molecule has 18 heavy (non-hydrogen) atoms. The van der Waals surface area contributed by atoms with Gasteiger partial charge in [0.05, 0.1) is 16.7 Å². The molecule has 1 aromatic heterocycles. The molecule has 0 fully saturated rings. The van der Waals surface area contributed by atoms with E-state index in [4.69, 9.17) is 20.9 Å². The summed E-state index contributed by atoms with van der Waals surface area (Å²) in [6.07, 6.45) is 0.561. The first-order valence-corrected chi connectivity index (χ1v) is 5.82. The Kier molecular flexibility index (Phi) is 3.84. The lowest BCUT2D eigenvalue weighted by Crippen LogP contribution is -2.09. The van der Waals surface area contributed by atoms with Gasteiger partial charge in [0, 0.05) is 13.5 Å². The number of rotatable bonds is 4. The number of aromatic nitrogens is 2. The molecule has 5 nitrogen and oxygen atoms in total. The second-order valence-electron chi connectivity index (χ2n) is 3.93. The number of benzene rings is 1. The molecule has 1 aromatic carbocycles. The number of halogens is 1. The second-order valence-corrected chi connectivity index (χ2v) is 4.34. The van der Waals surface area contributed by atoms with Crippen molar-refractivity contribution in [3.8, 4) is 17.2 Å². The quantitative estimate of drug-likeness (QED) is 0.923. The van der Waals surface area contributed by atoms with Crippen LogP contribution in [0.25, 0.3) is 11.5 Å². The highest BCUT2D eigenvalue weighted by molar-refractivity contribution is 6.33. The summed E-state index contributed by atoms with van der Waals surface area (Å²) in [7, 11) is 1.62. The number of nitrogens with zero attached hydrogens (tertiary/aromatic N) is 2. The molecule has 0 aliphatic heterocycles. The van der Waals surface area contributed by atoms with Crippen LogP contribution in [0.4, 0.5) is 0 Å². The Balaban J connectivity index is 2.26. The molecule has 2 aromatic rings. The summed E-state index contributed by atoms with van der Waals surface area (Å²) in [5.41, 5.74) is 0.514. The summed E-state index contributed by atoms with van der Waals surface area (Å²) in [5, 5.41) is 13.7. The Morgan fingerprint density at radius 2 is 2.28 bits per heavy atom. The molecule has 0 amide bonds. The van der Waals surface area contributed by atoms with Crippen LogP contribution in [0.5, 0.6) is 5.75 Å². The van der Waals surface area contributed by atoms with E-state index < -0.39 is 0 Å². The number of aromatic hydroxyl groups is 1. The van der Waals surface area contributed by atoms with E-state index >= 15 is 0 Å². The van der Waals surface area contributed by atoms with Crippen molar-refractivity contribution in [3.63, 3.8) is 0 Å². The Labute approximate surface area is 109 Å². The molecule has 6 heteroatoms. The van der Waals surface area contributed by atoms with Crippen molar-refractivity contribution in [1.29, 1.82) is 0 Å². The summed E-state index contributed by atoms with van der Waals surface area (Å²) in [6.45, 7) is 1.91. The molecule has 0 aliphatic carbocycles. The van der Waals surface area contributed by atoms with Crippen LogP contribution in [0.3, 0.4) is 0 Å². The SMILES string of the molecule is COC(C)Cc1noc(-c2cc(O)ccc2Cl)n1. The van der Waals surface area contributed by atoms with Crippen LogP contribution in [0, 0.1) is 0 Å². The van der Waals surface area contributed by atoms with Crippen LogP contribution < -0.4 is 0 Å². The van der Waals surface area contributed by atoms with Crippen LogP contribution in [0.1, 0.15) is 12.7 Å². The highest BCUT2D eigenvalue weighted by Crippen LogP contribution is 2.29. The van der Waals surface area contributed by atoms with E-state index in [2.05, 4.69) is 10.1 Å². The first-order valence-electron chi connectivity index (χ1n) is 5.44. The number of phenols is 1. The summed E-state index contributed by atoms with van der Waals surface area (Å²) < 4.78 is 10.2. The first kappa shape index (κ1) is 12.9. The zero-order valence-corrected chi connectivity index (χ0v) is 10.8. The van der Waals surface area contributed by atoms with Crippen molar-refractivity contribution in [3.05, 3.63) is 29.0 Å². The first-order chi connectivity index (χ1) is 8.60. The lowest BCUT2D eigenvalue weighted by molar-refractivity contribution is 0.116. The van der Waals surface area contributed by atoms with Gasteiger partial charge in [0.15, 0.2) is 5.82 Å². The van der Waals surface area contributed by atoms with Gasteiger partial charge in [-0.15, -0.1) is 0 Å². The topological polar surface area (TPSA) is 68.4 Å². The Morgan fingerprint density at radius 3 is 3.00 bits per heavy atom. The second kappa shape index (κ2) is 5.37. The summed E-state index contributed by atoms with van der Waals surface area (Å²) in [4.78, 5) is 4.22. The normalized spacial score (nSPS) is 12.6. The Bertz CT molecular complexity index is 542. The highest BCUT2D eigenvalue weighted by atomic mass is 35.5. The molecular formula is C12H13ClN2O3. The van der Waals surface area contributed by atoms with Gasteiger partial charge in [-0.3, -0.25) is 0 Å². The van der Waals surface area contributed by atoms with Gasteiger partial charge in [0.1, 0.15) is 5.75 Å². The average Bonchev–Trinajstić information content (AvgIpc) is 2.80. The lowest BCUT2D eigenvalue weighted by Gasteiger charge is -2.04. The van der Waals surface area contributed by atoms with Gasteiger partial charge >= 0.3 is 0 Å². The maximum Gasteiger partial charge on any atom is 0.259 e. The molecule has 1 unspecified atom stereocenters. The predicted molar refractivity (Wildman–Crippen MR) is 66.6 cm³/mol. The van der Waals surface area contributed by atoms with E-state index in [0.29, 0.717) is 22.8 Å². The molecule has 0 saturated heterocycles. The average molecular weight is 269 g/mol. The number of hydrogen-bond donors (Lipinski definition) is 1. The van der Waals surface area contributed by atoms with E-state index in [1.807, 2.05) is 6.92 Å². The minimum absolute atomic E-state index is 0.00935. The van der Waals surface area contributed by atoms with Crippen LogP contribution >= 0.6 is 11.6 Å². The molecule has 1 N–H and O–H groups in total. The molecule has 0 radical (unpaired) electrons. The molecular weight excluding hydrogens is 256 g/mol. The molecule has 0 aliphatic rings. The minimum Gasteiger partial charge on any atom is -0.508 e. The third-order valence-electron chi connectivity index (χ3n) is 2.52.